The first-order chi connectivity index (χ1) is 16.7. The lowest BCUT2D eigenvalue weighted by Gasteiger charge is -2.22. The summed E-state index contributed by atoms with van der Waals surface area (Å²) in [4.78, 5) is 17.4. The Bertz CT molecular complexity index is 1160. The number of ether oxygens (including phenoxy) is 1. The number of hydrogen-bond donors (Lipinski definition) is 2. The minimum absolute atomic E-state index is 0.206. The molecule has 0 saturated heterocycles. The van der Waals surface area contributed by atoms with Crippen molar-refractivity contribution in [1.82, 2.24) is 30.0 Å². The van der Waals surface area contributed by atoms with Crippen LogP contribution in [0.5, 0.6) is 0 Å². The summed E-state index contributed by atoms with van der Waals surface area (Å²) in [6.07, 6.45) is 7.56. The number of carbonyl (C=O) groups excluding carboxylic acids is 1. The number of H-pyrrole nitrogens is 1. The normalized spacial score (nSPS) is 11.4. The Balaban J connectivity index is 1.35. The average molecular weight is 461 g/mol. The summed E-state index contributed by atoms with van der Waals surface area (Å²) < 4.78 is 6.91. The number of esters is 1. The maximum Gasteiger partial charge on any atom is 0.319 e. The molecule has 0 fully saturated rings. The molecule has 0 amide bonds. The van der Waals surface area contributed by atoms with Gasteiger partial charge in [0.05, 0.1) is 13.2 Å². The Hall–Kier alpha value is -3.49. The van der Waals surface area contributed by atoms with Crippen LogP contribution < -0.4 is 5.32 Å². The Kier molecular flexibility index (Phi) is 8.43. The van der Waals surface area contributed by atoms with Crippen LogP contribution >= 0.6 is 0 Å². The summed E-state index contributed by atoms with van der Waals surface area (Å²) >= 11 is 0. The van der Waals surface area contributed by atoms with Gasteiger partial charge in [-0.2, -0.15) is 0 Å². The molecule has 0 bridgehead atoms. The van der Waals surface area contributed by atoms with Crippen LogP contribution in [0.4, 0.5) is 0 Å². The zero-order valence-electron chi connectivity index (χ0n) is 19.6. The van der Waals surface area contributed by atoms with Crippen molar-refractivity contribution in [3.8, 4) is 5.69 Å². The molecule has 4 rings (SSSR count). The molecule has 34 heavy (non-hydrogen) atoms. The van der Waals surface area contributed by atoms with E-state index in [4.69, 9.17) is 4.74 Å². The fourth-order valence-electron chi connectivity index (χ4n) is 4.11. The van der Waals surface area contributed by atoms with Crippen LogP contribution in [0.3, 0.4) is 0 Å². The van der Waals surface area contributed by atoms with E-state index in [9.17, 15) is 4.79 Å². The number of aromatic nitrogens is 4. The highest BCUT2D eigenvalue weighted by atomic mass is 16.5. The maximum atomic E-state index is 11.6. The van der Waals surface area contributed by atoms with Crippen LogP contribution in [0, 0.1) is 0 Å². The Morgan fingerprint density at radius 1 is 1.12 bits per heavy atom. The van der Waals surface area contributed by atoms with E-state index < -0.39 is 0 Å². The first kappa shape index (κ1) is 23.7. The monoisotopic (exact) mass is 460 g/mol. The SMILES string of the molecule is CCOC(=O)CNCCN(CCCc1c[nH]c2ccc(-n3cnnc3)cc12)Cc1ccccc1. The van der Waals surface area contributed by atoms with Gasteiger partial charge >= 0.3 is 5.97 Å². The topological polar surface area (TPSA) is 88.1 Å². The van der Waals surface area contributed by atoms with Crippen molar-refractivity contribution in [3.05, 3.63) is 78.5 Å². The Morgan fingerprint density at radius 3 is 2.74 bits per heavy atom. The number of carbonyl (C=O) groups is 1. The quantitative estimate of drug-likeness (QED) is 0.235. The van der Waals surface area contributed by atoms with Crippen LogP contribution in [-0.2, 0) is 22.5 Å². The van der Waals surface area contributed by atoms with Crippen LogP contribution in [-0.4, -0.2) is 63.4 Å². The van der Waals surface area contributed by atoms with Crippen molar-refractivity contribution in [2.24, 2.45) is 0 Å². The highest BCUT2D eigenvalue weighted by Crippen LogP contribution is 2.23. The number of hydrogen-bond acceptors (Lipinski definition) is 6. The summed E-state index contributed by atoms with van der Waals surface area (Å²) in [6.45, 7) is 5.93. The van der Waals surface area contributed by atoms with E-state index in [1.807, 2.05) is 17.6 Å². The fraction of sp³-hybridized carbons (Fsp3) is 0.346. The van der Waals surface area contributed by atoms with Crippen molar-refractivity contribution >= 4 is 16.9 Å². The maximum absolute atomic E-state index is 11.6. The zero-order chi connectivity index (χ0) is 23.6. The first-order valence-electron chi connectivity index (χ1n) is 11.8. The van der Waals surface area contributed by atoms with Gasteiger partial charge in [-0.25, -0.2) is 0 Å². The molecule has 0 radical (unpaired) electrons. The summed E-state index contributed by atoms with van der Waals surface area (Å²) in [5, 5.41) is 12.3. The molecule has 2 N–H and O–H groups in total. The largest absolute Gasteiger partial charge is 0.465 e. The smallest absolute Gasteiger partial charge is 0.319 e. The first-order valence-corrected chi connectivity index (χ1v) is 11.8. The van der Waals surface area contributed by atoms with Gasteiger partial charge in [-0.15, -0.1) is 10.2 Å². The number of nitrogens with zero attached hydrogens (tertiary/aromatic N) is 4. The van der Waals surface area contributed by atoms with Gasteiger partial charge in [0, 0.05) is 42.4 Å². The minimum Gasteiger partial charge on any atom is -0.465 e. The molecule has 2 heterocycles. The van der Waals surface area contributed by atoms with E-state index in [-0.39, 0.29) is 12.5 Å². The third-order valence-corrected chi connectivity index (χ3v) is 5.82. The molecule has 8 heteroatoms. The lowest BCUT2D eigenvalue weighted by molar-refractivity contribution is -0.142. The summed E-state index contributed by atoms with van der Waals surface area (Å²) in [6, 6.07) is 16.9. The highest BCUT2D eigenvalue weighted by Gasteiger charge is 2.10. The van der Waals surface area contributed by atoms with E-state index in [2.05, 4.69) is 74.1 Å². The minimum atomic E-state index is -0.206. The van der Waals surface area contributed by atoms with Crippen molar-refractivity contribution < 1.29 is 9.53 Å². The number of nitrogens with one attached hydrogen (secondary N) is 2. The standard InChI is InChI=1S/C26H32N6O2/c1-2-34-26(33)17-27-12-14-31(18-21-7-4-3-5-8-21)13-6-9-22-16-28-25-11-10-23(15-24(22)25)32-19-29-30-20-32/h3-5,7-8,10-11,15-16,19-20,27-28H,2,6,9,12-14,17-18H2,1H3. The van der Waals surface area contributed by atoms with Crippen molar-refractivity contribution in [1.29, 1.82) is 0 Å². The molecule has 8 nitrogen and oxygen atoms in total. The molecule has 2 aromatic heterocycles. The second kappa shape index (κ2) is 12.1. The second-order valence-electron chi connectivity index (χ2n) is 8.26. The zero-order valence-corrected chi connectivity index (χ0v) is 19.6. The lowest BCUT2D eigenvalue weighted by Crippen LogP contribution is -2.35. The summed E-state index contributed by atoms with van der Waals surface area (Å²) in [5.41, 5.74) is 4.79. The van der Waals surface area contributed by atoms with Crippen LogP contribution in [0.15, 0.2) is 67.4 Å². The number of rotatable bonds is 13. The van der Waals surface area contributed by atoms with Crippen LogP contribution in [0.1, 0.15) is 24.5 Å². The molecule has 2 aromatic carbocycles. The third-order valence-electron chi connectivity index (χ3n) is 5.82. The van der Waals surface area contributed by atoms with Crippen molar-refractivity contribution in [2.75, 3.05) is 32.8 Å². The molecule has 0 aliphatic carbocycles. The molecule has 0 aliphatic rings. The number of aromatic amines is 1. The molecule has 0 aliphatic heterocycles. The van der Waals surface area contributed by atoms with Gasteiger partial charge in [-0.1, -0.05) is 30.3 Å². The van der Waals surface area contributed by atoms with Crippen LogP contribution in [0.25, 0.3) is 16.6 Å². The average Bonchev–Trinajstić information content (AvgIpc) is 3.53. The number of fused-ring (bicyclic) bond motifs is 1. The Morgan fingerprint density at radius 2 is 1.94 bits per heavy atom. The molecular formula is C26H32N6O2. The summed E-state index contributed by atoms with van der Waals surface area (Å²) in [7, 11) is 0. The molecule has 0 unspecified atom stereocenters. The fourth-order valence-corrected chi connectivity index (χ4v) is 4.11. The molecule has 0 saturated carbocycles. The summed E-state index contributed by atoms with van der Waals surface area (Å²) in [5.74, 6) is -0.206. The second-order valence-corrected chi connectivity index (χ2v) is 8.26. The van der Waals surface area contributed by atoms with Gasteiger partial charge in [0.1, 0.15) is 12.7 Å². The van der Waals surface area contributed by atoms with E-state index in [1.165, 1.54) is 16.5 Å². The van der Waals surface area contributed by atoms with E-state index in [1.54, 1.807) is 12.7 Å². The lowest BCUT2D eigenvalue weighted by atomic mass is 10.1. The molecule has 4 aromatic rings. The van der Waals surface area contributed by atoms with Gasteiger partial charge in [0.25, 0.3) is 0 Å². The van der Waals surface area contributed by atoms with Crippen LogP contribution in [0.2, 0.25) is 0 Å². The predicted octanol–water partition coefficient (Wildman–Crippen LogP) is 3.34. The molecule has 178 valence electrons. The van der Waals surface area contributed by atoms with Gasteiger partial charge < -0.3 is 15.0 Å². The highest BCUT2D eigenvalue weighted by molar-refractivity contribution is 5.85. The predicted molar refractivity (Wildman–Crippen MR) is 133 cm³/mol. The number of benzene rings is 2. The van der Waals surface area contributed by atoms with Crippen molar-refractivity contribution in [2.45, 2.75) is 26.3 Å². The van der Waals surface area contributed by atoms with Gasteiger partial charge in [-0.05, 0) is 55.6 Å². The number of aryl methyl sites for hydroxylation is 1. The van der Waals surface area contributed by atoms with Gasteiger partial charge in [0.15, 0.2) is 0 Å². The van der Waals surface area contributed by atoms with Crippen molar-refractivity contribution in [3.63, 3.8) is 0 Å². The van der Waals surface area contributed by atoms with E-state index in [0.717, 1.165) is 50.2 Å². The van der Waals surface area contributed by atoms with E-state index in [0.29, 0.717) is 6.61 Å². The van der Waals surface area contributed by atoms with Gasteiger partial charge in [-0.3, -0.25) is 14.3 Å². The molecular weight excluding hydrogens is 428 g/mol. The van der Waals surface area contributed by atoms with E-state index >= 15 is 0 Å². The Labute approximate surface area is 199 Å². The molecule has 0 atom stereocenters. The molecule has 0 spiro atoms. The third kappa shape index (κ3) is 6.52. The van der Waals surface area contributed by atoms with Gasteiger partial charge in [0.2, 0.25) is 0 Å².